The Bertz CT molecular complexity index is 698. The van der Waals surface area contributed by atoms with Crippen LogP contribution in [0.1, 0.15) is 50.5 Å². The third kappa shape index (κ3) is 6.56. The molecule has 2 N–H and O–H groups in total. The molecule has 0 bridgehead atoms. The number of halogens is 1. The standard InChI is InChI=1S/C19H28N2O3S.ClH/c22-19(13-20-12-15-9-10-15)21-17-6-4-5-16(11-17)14-25(23,24)18-7-2-1-3-8-18;/h4-6,11,15,18,20H,1-3,7-10,12-14H2,(H,21,22);1H. The number of carbonyl (C=O) groups excluding carboxylic acids is 1. The van der Waals surface area contributed by atoms with Crippen LogP contribution in [0.4, 0.5) is 5.69 Å². The van der Waals surface area contributed by atoms with Gasteiger partial charge in [0, 0.05) is 5.69 Å². The van der Waals surface area contributed by atoms with E-state index in [9.17, 15) is 13.2 Å². The molecule has 1 aromatic carbocycles. The lowest BCUT2D eigenvalue weighted by Gasteiger charge is -2.21. The lowest BCUT2D eigenvalue weighted by atomic mass is 10.0. The average molecular weight is 401 g/mol. The minimum absolute atomic E-state index is 0. The molecule has 1 aromatic rings. The Balaban J connectivity index is 0.00000243. The maximum Gasteiger partial charge on any atom is 0.238 e. The predicted molar refractivity (Wildman–Crippen MR) is 107 cm³/mol. The van der Waals surface area contributed by atoms with Gasteiger partial charge in [-0.3, -0.25) is 4.79 Å². The number of sulfone groups is 1. The van der Waals surface area contributed by atoms with Crippen molar-refractivity contribution in [3.05, 3.63) is 29.8 Å². The number of benzene rings is 1. The van der Waals surface area contributed by atoms with Crippen LogP contribution in [0.25, 0.3) is 0 Å². The van der Waals surface area contributed by atoms with E-state index >= 15 is 0 Å². The summed E-state index contributed by atoms with van der Waals surface area (Å²) in [5, 5.41) is 5.80. The van der Waals surface area contributed by atoms with Gasteiger partial charge in [0.15, 0.2) is 9.84 Å². The second-order valence-corrected chi connectivity index (χ2v) is 9.67. The van der Waals surface area contributed by atoms with Crippen molar-refractivity contribution in [2.75, 3.05) is 18.4 Å². The first-order valence-corrected chi connectivity index (χ1v) is 11.1. The smallest absolute Gasteiger partial charge is 0.238 e. The van der Waals surface area contributed by atoms with Gasteiger partial charge in [-0.15, -0.1) is 12.4 Å². The molecule has 0 atom stereocenters. The summed E-state index contributed by atoms with van der Waals surface area (Å²) in [6, 6.07) is 7.20. The zero-order chi connectivity index (χ0) is 17.7. The van der Waals surface area contributed by atoms with E-state index in [2.05, 4.69) is 10.6 Å². The van der Waals surface area contributed by atoms with Crippen LogP contribution >= 0.6 is 12.4 Å². The molecule has 26 heavy (non-hydrogen) atoms. The Labute approximate surface area is 162 Å². The van der Waals surface area contributed by atoms with Crippen LogP contribution in [0.15, 0.2) is 24.3 Å². The van der Waals surface area contributed by atoms with E-state index in [0.29, 0.717) is 12.2 Å². The van der Waals surface area contributed by atoms with Crippen molar-refractivity contribution in [3.63, 3.8) is 0 Å². The number of hydrogen-bond acceptors (Lipinski definition) is 4. The number of hydrogen-bond donors (Lipinski definition) is 2. The maximum absolute atomic E-state index is 12.6. The van der Waals surface area contributed by atoms with Gasteiger partial charge in [-0.25, -0.2) is 8.42 Å². The molecule has 0 heterocycles. The largest absolute Gasteiger partial charge is 0.325 e. The molecule has 0 saturated heterocycles. The van der Waals surface area contributed by atoms with E-state index in [1.807, 2.05) is 6.07 Å². The molecule has 0 aliphatic heterocycles. The predicted octanol–water partition coefficient (Wildman–Crippen LogP) is 3.29. The van der Waals surface area contributed by atoms with Gasteiger partial charge >= 0.3 is 0 Å². The van der Waals surface area contributed by atoms with E-state index in [4.69, 9.17) is 0 Å². The molecule has 2 saturated carbocycles. The summed E-state index contributed by atoms with van der Waals surface area (Å²) in [5.41, 5.74) is 1.41. The minimum atomic E-state index is -3.12. The second kappa shape index (κ2) is 9.72. The first-order chi connectivity index (χ1) is 12.0. The number of amides is 1. The molecule has 0 radical (unpaired) electrons. The molecule has 2 aliphatic carbocycles. The summed E-state index contributed by atoms with van der Waals surface area (Å²) in [4.78, 5) is 12.0. The number of rotatable bonds is 8. The maximum atomic E-state index is 12.6. The van der Waals surface area contributed by atoms with Crippen LogP contribution in [0.2, 0.25) is 0 Å². The van der Waals surface area contributed by atoms with Gasteiger partial charge in [0.25, 0.3) is 0 Å². The fourth-order valence-corrected chi connectivity index (χ4v) is 5.36. The normalized spacial score (nSPS) is 18.2. The minimum Gasteiger partial charge on any atom is -0.325 e. The van der Waals surface area contributed by atoms with Crippen LogP contribution in [0.3, 0.4) is 0 Å². The molecule has 5 nitrogen and oxygen atoms in total. The van der Waals surface area contributed by atoms with Gasteiger partial charge < -0.3 is 10.6 Å². The van der Waals surface area contributed by atoms with E-state index < -0.39 is 9.84 Å². The van der Waals surface area contributed by atoms with Crippen molar-refractivity contribution < 1.29 is 13.2 Å². The Hall–Kier alpha value is -1.11. The Kier molecular flexibility index (Phi) is 7.92. The Morgan fingerprint density at radius 2 is 1.81 bits per heavy atom. The summed E-state index contributed by atoms with van der Waals surface area (Å²) < 4.78 is 25.2. The van der Waals surface area contributed by atoms with E-state index in [-0.39, 0.29) is 29.3 Å². The summed E-state index contributed by atoms with van der Waals surface area (Å²) in [6.07, 6.45) is 7.24. The van der Waals surface area contributed by atoms with Crippen LogP contribution in [0, 0.1) is 5.92 Å². The van der Waals surface area contributed by atoms with Gasteiger partial charge in [-0.1, -0.05) is 31.4 Å². The lowest BCUT2D eigenvalue weighted by Crippen LogP contribution is -2.29. The molecule has 3 rings (SSSR count). The van der Waals surface area contributed by atoms with Crippen molar-refractivity contribution in [1.29, 1.82) is 0 Å². The van der Waals surface area contributed by atoms with Gasteiger partial charge in [-0.2, -0.15) is 0 Å². The van der Waals surface area contributed by atoms with Crippen molar-refractivity contribution in [2.24, 2.45) is 5.92 Å². The molecule has 2 aliphatic rings. The molecule has 0 aromatic heterocycles. The molecule has 1 amide bonds. The monoisotopic (exact) mass is 400 g/mol. The summed E-state index contributed by atoms with van der Waals surface area (Å²) in [6.45, 7) is 1.19. The van der Waals surface area contributed by atoms with Crippen LogP contribution in [-0.2, 0) is 20.4 Å². The molecule has 7 heteroatoms. The lowest BCUT2D eigenvalue weighted by molar-refractivity contribution is -0.115. The Morgan fingerprint density at radius 3 is 2.50 bits per heavy atom. The zero-order valence-electron chi connectivity index (χ0n) is 15.1. The van der Waals surface area contributed by atoms with Gasteiger partial charge in [0.1, 0.15) is 0 Å². The molecular formula is C19H29ClN2O3S. The highest BCUT2D eigenvalue weighted by atomic mass is 35.5. The molecule has 146 valence electrons. The first kappa shape index (κ1) is 21.2. The summed E-state index contributed by atoms with van der Waals surface area (Å²) in [5.74, 6) is 0.704. The number of anilines is 1. The highest BCUT2D eigenvalue weighted by molar-refractivity contribution is 7.91. The highest BCUT2D eigenvalue weighted by Gasteiger charge is 2.27. The zero-order valence-corrected chi connectivity index (χ0v) is 16.7. The third-order valence-corrected chi connectivity index (χ3v) is 7.28. The topological polar surface area (TPSA) is 75.3 Å². The molecule has 0 spiro atoms. The summed E-state index contributed by atoms with van der Waals surface area (Å²) in [7, 11) is -3.12. The van der Waals surface area contributed by atoms with E-state index in [1.165, 1.54) is 12.8 Å². The van der Waals surface area contributed by atoms with Crippen molar-refractivity contribution in [2.45, 2.75) is 55.9 Å². The fourth-order valence-electron chi connectivity index (χ4n) is 3.43. The number of nitrogens with one attached hydrogen (secondary N) is 2. The third-order valence-electron chi connectivity index (χ3n) is 5.05. The van der Waals surface area contributed by atoms with Crippen LogP contribution in [0.5, 0.6) is 0 Å². The first-order valence-electron chi connectivity index (χ1n) is 9.34. The summed E-state index contributed by atoms with van der Waals surface area (Å²) >= 11 is 0. The van der Waals surface area contributed by atoms with E-state index in [0.717, 1.165) is 50.1 Å². The van der Waals surface area contributed by atoms with Crippen molar-refractivity contribution in [3.8, 4) is 0 Å². The van der Waals surface area contributed by atoms with Crippen LogP contribution in [-0.4, -0.2) is 32.7 Å². The Morgan fingerprint density at radius 1 is 1.08 bits per heavy atom. The van der Waals surface area contributed by atoms with Gasteiger partial charge in [-0.05, 0) is 55.8 Å². The fraction of sp³-hybridized carbons (Fsp3) is 0.632. The van der Waals surface area contributed by atoms with Crippen LogP contribution < -0.4 is 10.6 Å². The highest BCUT2D eigenvalue weighted by Crippen LogP contribution is 2.28. The molecule has 2 fully saturated rings. The van der Waals surface area contributed by atoms with Crippen molar-refractivity contribution in [1.82, 2.24) is 5.32 Å². The molecular weight excluding hydrogens is 372 g/mol. The molecule has 0 unspecified atom stereocenters. The second-order valence-electron chi connectivity index (χ2n) is 7.39. The quantitative estimate of drug-likeness (QED) is 0.702. The SMILES string of the molecule is Cl.O=C(CNCC1CC1)Nc1cccc(CS(=O)(=O)C2CCCCC2)c1. The average Bonchev–Trinajstić information content (AvgIpc) is 3.40. The van der Waals surface area contributed by atoms with Gasteiger partial charge in [0.05, 0.1) is 17.5 Å². The van der Waals surface area contributed by atoms with Crippen molar-refractivity contribution >= 4 is 33.8 Å². The van der Waals surface area contributed by atoms with Gasteiger partial charge in [0.2, 0.25) is 5.91 Å². The van der Waals surface area contributed by atoms with E-state index in [1.54, 1.807) is 18.2 Å². The number of carbonyl (C=O) groups is 1.